The second-order valence-corrected chi connectivity index (χ2v) is 9.62. The molecule has 0 radical (unpaired) electrons. The zero-order valence-electron chi connectivity index (χ0n) is 15.7. The first-order valence-electron chi connectivity index (χ1n) is 8.83. The molecule has 0 saturated carbocycles. The summed E-state index contributed by atoms with van der Waals surface area (Å²) in [5, 5.41) is 3.24. The molecule has 2 N–H and O–H groups in total. The summed E-state index contributed by atoms with van der Waals surface area (Å²) >= 11 is 9.45. The number of carbonyl (C=O) groups excluding carboxylic acids is 1. The van der Waals surface area contributed by atoms with Crippen molar-refractivity contribution >= 4 is 69.0 Å². The van der Waals surface area contributed by atoms with Crippen LogP contribution in [0, 0.1) is 3.95 Å². The minimum atomic E-state index is -0.263. The number of thioether (sulfide) groups is 2. The Morgan fingerprint density at radius 3 is 2.80 bits per heavy atom. The van der Waals surface area contributed by atoms with Gasteiger partial charge in [0.2, 0.25) is 5.91 Å². The summed E-state index contributed by atoms with van der Waals surface area (Å²) in [6, 6.07) is 17.2. The van der Waals surface area contributed by atoms with Crippen molar-refractivity contribution in [3.63, 3.8) is 0 Å². The quantitative estimate of drug-likeness (QED) is 0.235. The Hall–Kier alpha value is -2.40. The lowest BCUT2D eigenvalue weighted by Crippen LogP contribution is -2.15. The van der Waals surface area contributed by atoms with Crippen LogP contribution in [0.3, 0.4) is 0 Å². The molecule has 4 rings (SSSR count). The van der Waals surface area contributed by atoms with Crippen molar-refractivity contribution in [2.24, 2.45) is 0 Å². The average molecular weight is 473 g/mol. The number of fused-ring (bicyclic) bond motifs is 1. The molecule has 0 aliphatic carbocycles. The number of hydrogen-bond acceptors (Lipinski definition) is 7. The van der Waals surface area contributed by atoms with Crippen LogP contribution in [0.5, 0.6) is 0 Å². The fraction of sp³-hybridized carbons (Fsp3) is 0.100. The van der Waals surface area contributed by atoms with E-state index in [1.807, 2.05) is 60.9 Å². The van der Waals surface area contributed by atoms with Crippen molar-refractivity contribution in [3.8, 4) is 5.69 Å². The van der Waals surface area contributed by atoms with Crippen molar-refractivity contribution < 1.29 is 4.79 Å². The Kier molecular flexibility index (Phi) is 6.38. The maximum Gasteiger partial charge on any atom is 0.271 e. The van der Waals surface area contributed by atoms with Crippen molar-refractivity contribution in [2.75, 3.05) is 17.3 Å². The van der Waals surface area contributed by atoms with Crippen molar-refractivity contribution in [2.45, 2.75) is 10.1 Å². The highest BCUT2D eigenvalue weighted by Crippen LogP contribution is 2.25. The topological polar surface area (TPSA) is 79.8 Å². The zero-order valence-corrected chi connectivity index (χ0v) is 19.0. The van der Waals surface area contributed by atoms with Gasteiger partial charge in [-0.05, 0) is 48.8 Å². The molecule has 0 spiro atoms. The van der Waals surface area contributed by atoms with Gasteiger partial charge in [-0.15, -0.1) is 11.8 Å². The number of hydrogen-bond donors (Lipinski definition) is 2. The number of anilines is 1. The van der Waals surface area contributed by atoms with Gasteiger partial charge < -0.3 is 10.3 Å². The molecule has 30 heavy (non-hydrogen) atoms. The highest BCUT2D eigenvalue weighted by molar-refractivity contribution is 7.99. The molecule has 0 aliphatic heterocycles. The molecule has 1 amide bonds. The van der Waals surface area contributed by atoms with E-state index in [1.54, 1.807) is 16.3 Å². The Balaban J connectivity index is 1.57. The van der Waals surface area contributed by atoms with Crippen LogP contribution in [0.15, 0.2) is 69.4 Å². The second-order valence-electron chi connectivity index (χ2n) is 6.13. The summed E-state index contributed by atoms with van der Waals surface area (Å²) in [7, 11) is 0. The molecule has 2 heterocycles. The molecule has 10 heteroatoms. The SMILES string of the molecule is CSc1cccc(NC(=O)CSc2nc3c(sc(=S)n3-c3ccccc3)c(=O)[nH]2)c1. The van der Waals surface area contributed by atoms with Crippen LogP contribution < -0.4 is 10.9 Å². The summed E-state index contributed by atoms with van der Waals surface area (Å²) in [6.45, 7) is 0. The molecule has 0 aliphatic rings. The van der Waals surface area contributed by atoms with Crippen LogP contribution in [-0.4, -0.2) is 32.5 Å². The lowest BCUT2D eigenvalue weighted by Gasteiger charge is -2.07. The third-order valence-corrected chi connectivity index (χ3v) is 7.09. The summed E-state index contributed by atoms with van der Waals surface area (Å²) in [6.07, 6.45) is 1.98. The number of nitrogens with zero attached hydrogens (tertiary/aromatic N) is 2. The van der Waals surface area contributed by atoms with E-state index < -0.39 is 0 Å². The molecule has 0 unspecified atom stereocenters. The lowest BCUT2D eigenvalue weighted by atomic mass is 10.3. The minimum Gasteiger partial charge on any atom is -0.325 e. The minimum absolute atomic E-state index is 0.119. The number of aromatic nitrogens is 3. The van der Waals surface area contributed by atoms with Crippen LogP contribution in [0.2, 0.25) is 0 Å². The van der Waals surface area contributed by atoms with E-state index in [1.165, 1.54) is 23.1 Å². The first-order chi connectivity index (χ1) is 14.5. The molecule has 2 aromatic heterocycles. The summed E-state index contributed by atoms with van der Waals surface area (Å²) < 4.78 is 2.79. The standard InChI is InChI=1S/C20H16N4O2S4/c1-28-14-9-5-6-12(10-14)21-15(25)11-29-19-22-17-16(18(26)23-19)30-20(27)24(17)13-7-3-2-4-8-13/h2-10H,11H2,1H3,(H,21,25)(H,22,23,26). The van der Waals surface area contributed by atoms with Crippen LogP contribution in [0.25, 0.3) is 16.0 Å². The van der Waals surface area contributed by atoms with Crippen molar-refractivity contribution in [3.05, 3.63) is 68.9 Å². The maximum absolute atomic E-state index is 12.5. The fourth-order valence-corrected chi connectivity index (χ4v) is 5.19. The number of thiazole rings is 1. The number of H-pyrrole nitrogens is 1. The smallest absolute Gasteiger partial charge is 0.271 e. The second kappa shape index (κ2) is 9.17. The van der Waals surface area contributed by atoms with Gasteiger partial charge in [-0.1, -0.05) is 47.4 Å². The van der Waals surface area contributed by atoms with E-state index in [0.717, 1.165) is 16.3 Å². The van der Waals surface area contributed by atoms with E-state index in [0.29, 0.717) is 19.5 Å². The Bertz CT molecular complexity index is 1330. The fourth-order valence-electron chi connectivity index (χ4n) is 2.80. The molecular formula is C20H16N4O2S4. The average Bonchev–Trinajstić information content (AvgIpc) is 3.09. The normalized spacial score (nSPS) is 11.0. The van der Waals surface area contributed by atoms with Gasteiger partial charge in [0.05, 0.1) is 5.75 Å². The van der Waals surface area contributed by atoms with E-state index in [-0.39, 0.29) is 17.2 Å². The molecular weight excluding hydrogens is 457 g/mol. The maximum atomic E-state index is 12.5. The van der Waals surface area contributed by atoms with Gasteiger partial charge >= 0.3 is 0 Å². The van der Waals surface area contributed by atoms with Crippen LogP contribution in [-0.2, 0) is 4.79 Å². The van der Waals surface area contributed by atoms with Gasteiger partial charge in [-0.2, -0.15) is 0 Å². The van der Waals surface area contributed by atoms with E-state index >= 15 is 0 Å². The first-order valence-corrected chi connectivity index (χ1v) is 12.3. The molecule has 0 fully saturated rings. The van der Waals surface area contributed by atoms with E-state index in [4.69, 9.17) is 12.2 Å². The number of para-hydroxylation sites is 1. The van der Waals surface area contributed by atoms with Gasteiger partial charge in [-0.3, -0.25) is 14.2 Å². The van der Waals surface area contributed by atoms with Gasteiger partial charge in [0.15, 0.2) is 14.8 Å². The monoisotopic (exact) mass is 472 g/mol. The molecule has 2 aromatic carbocycles. The molecule has 4 aromatic rings. The Morgan fingerprint density at radius 1 is 1.23 bits per heavy atom. The molecule has 152 valence electrons. The first kappa shape index (κ1) is 20.9. The number of amides is 1. The van der Waals surface area contributed by atoms with Crippen LogP contribution in [0.1, 0.15) is 0 Å². The van der Waals surface area contributed by atoms with Crippen molar-refractivity contribution in [1.82, 2.24) is 14.5 Å². The number of carbonyl (C=O) groups is 1. The van der Waals surface area contributed by atoms with Crippen molar-refractivity contribution in [1.29, 1.82) is 0 Å². The highest BCUT2D eigenvalue weighted by atomic mass is 32.2. The molecule has 0 saturated heterocycles. The number of rotatable bonds is 6. The summed E-state index contributed by atoms with van der Waals surface area (Å²) in [5.41, 5.74) is 1.81. The number of nitrogens with one attached hydrogen (secondary N) is 2. The number of aromatic amines is 1. The molecule has 0 bridgehead atoms. The largest absolute Gasteiger partial charge is 0.325 e. The predicted molar refractivity (Wildman–Crippen MR) is 128 cm³/mol. The number of benzene rings is 2. The zero-order chi connectivity index (χ0) is 21.1. The summed E-state index contributed by atoms with van der Waals surface area (Å²) in [5.74, 6) is -0.0556. The Labute approximate surface area is 189 Å². The Morgan fingerprint density at radius 2 is 2.03 bits per heavy atom. The van der Waals surface area contributed by atoms with Crippen LogP contribution >= 0.6 is 47.1 Å². The van der Waals surface area contributed by atoms with E-state index in [9.17, 15) is 9.59 Å². The van der Waals surface area contributed by atoms with Gasteiger partial charge in [-0.25, -0.2) is 4.98 Å². The third-order valence-electron chi connectivity index (χ3n) is 4.13. The highest BCUT2D eigenvalue weighted by Gasteiger charge is 2.14. The van der Waals surface area contributed by atoms with Gasteiger partial charge in [0.1, 0.15) is 4.70 Å². The summed E-state index contributed by atoms with van der Waals surface area (Å²) in [4.78, 5) is 33.3. The van der Waals surface area contributed by atoms with Gasteiger partial charge in [0, 0.05) is 16.3 Å². The lowest BCUT2D eigenvalue weighted by molar-refractivity contribution is -0.113. The third kappa shape index (κ3) is 4.51. The molecule has 6 nitrogen and oxygen atoms in total. The molecule has 0 atom stereocenters. The van der Waals surface area contributed by atoms with Crippen LogP contribution in [0.4, 0.5) is 5.69 Å². The van der Waals surface area contributed by atoms with Gasteiger partial charge in [0.25, 0.3) is 5.56 Å². The predicted octanol–water partition coefficient (Wildman–Crippen LogP) is 4.96. The van der Waals surface area contributed by atoms with E-state index in [2.05, 4.69) is 15.3 Å².